The lowest BCUT2D eigenvalue weighted by Gasteiger charge is -2.38. The Morgan fingerprint density at radius 2 is 2.11 bits per heavy atom. The molecule has 3 N–H and O–H groups in total. The van der Waals surface area contributed by atoms with Gasteiger partial charge >= 0.3 is 0 Å². The molecule has 1 fully saturated rings. The monoisotopic (exact) mass is 512 g/mol. The zero-order valence-electron chi connectivity index (χ0n) is 19.3. The summed E-state index contributed by atoms with van der Waals surface area (Å²) >= 11 is 0. The largest absolute Gasteiger partial charge is 0.504 e. The Kier molecular flexibility index (Phi) is 7.43. The molecule has 2 aliphatic heterocycles. The van der Waals surface area contributed by atoms with Crippen molar-refractivity contribution in [3.8, 4) is 11.5 Å². The molecule has 3 aromatic rings. The summed E-state index contributed by atoms with van der Waals surface area (Å²) in [6.45, 7) is 3.39. The van der Waals surface area contributed by atoms with Crippen LogP contribution in [0.4, 0.5) is 17.6 Å². The zero-order chi connectivity index (χ0) is 26.0. The number of aromatic amines is 1. The van der Waals surface area contributed by atoms with Crippen molar-refractivity contribution >= 4 is 16.8 Å². The van der Waals surface area contributed by atoms with Gasteiger partial charge in [-0.15, -0.1) is 0 Å². The van der Waals surface area contributed by atoms with Crippen molar-refractivity contribution in [2.45, 2.75) is 38.8 Å². The molecule has 0 unspecified atom stereocenters. The number of pyridine rings is 2. The summed E-state index contributed by atoms with van der Waals surface area (Å²) in [5.41, 5.74) is 0.925. The molecule has 4 heterocycles. The molecular formula is C24H28F4N4O4. The Bertz CT molecular complexity index is 1360. The molecule has 0 saturated carbocycles. The number of alkyl halides is 2. The third kappa shape index (κ3) is 5.27. The number of likely N-dealkylation sites (tertiary alicyclic amines) is 1. The predicted molar refractivity (Wildman–Crippen MR) is 127 cm³/mol. The fraction of sp³-hybridized carbons (Fsp3) is 0.375. The Labute approximate surface area is 205 Å². The first kappa shape index (κ1) is 25.4. The number of aromatic hydroxyl groups is 1. The standard InChI is InChI=1S/C16H17FN2O2.C8H7F3N2O2.2H2/c1-9-4-6-19(9)8-10-2-3-11-14(13(10)17)18-16(20)12-5-7-21-15(11)12;9-6(10)3-12-8(15)4-1-2-5(14)7(11)13-4;;/h2-3,9H,4-8H2,1H3,(H,18,20);1-2,6,14H,3H2,(H,12,15);2*1H/t9-;;;/m1.../s1. The number of nitrogens with zero attached hydrogens (tertiary/aromatic N) is 2. The van der Waals surface area contributed by atoms with Crippen molar-refractivity contribution in [2.24, 2.45) is 0 Å². The van der Waals surface area contributed by atoms with Crippen molar-refractivity contribution in [1.29, 1.82) is 0 Å². The number of amides is 1. The lowest BCUT2D eigenvalue weighted by molar-refractivity contribution is 0.0885. The minimum Gasteiger partial charge on any atom is -0.504 e. The fourth-order valence-electron chi connectivity index (χ4n) is 3.99. The smallest absolute Gasteiger partial charge is 0.270 e. The normalized spacial score (nSPS) is 16.7. The maximum Gasteiger partial charge on any atom is 0.270 e. The number of aromatic nitrogens is 2. The van der Waals surface area contributed by atoms with Crippen LogP contribution in [0.25, 0.3) is 10.9 Å². The first-order valence-corrected chi connectivity index (χ1v) is 11.3. The van der Waals surface area contributed by atoms with E-state index in [-0.39, 0.29) is 25.4 Å². The molecule has 1 amide bonds. The van der Waals surface area contributed by atoms with E-state index >= 15 is 0 Å². The molecule has 196 valence electrons. The van der Waals surface area contributed by atoms with Crippen LogP contribution in [0, 0.1) is 11.8 Å². The van der Waals surface area contributed by atoms with Gasteiger partial charge in [0.25, 0.3) is 23.8 Å². The number of H-pyrrole nitrogens is 1. The predicted octanol–water partition coefficient (Wildman–Crippen LogP) is 3.61. The van der Waals surface area contributed by atoms with Gasteiger partial charge in [0.1, 0.15) is 11.4 Å². The Morgan fingerprint density at radius 3 is 2.75 bits per heavy atom. The molecule has 0 aliphatic carbocycles. The van der Waals surface area contributed by atoms with E-state index in [1.807, 2.05) is 17.4 Å². The number of hydrogen-bond donors (Lipinski definition) is 3. The summed E-state index contributed by atoms with van der Waals surface area (Å²) in [5.74, 6) is -2.63. The number of ether oxygens (including phenoxy) is 1. The van der Waals surface area contributed by atoms with Gasteiger partial charge in [0, 0.05) is 39.4 Å². The lowest BCUT2D eigenvalue weighted by atomic mass is 10.0. The Balaban J connectivity index is 0.000000268. The van der Waals surface area contributed by atoms with Gasteiger partial charge in [0.15, 0.2) is 11.6 Å². The average Bonchev–Trinajstić information content (AvgIpc) is 3.35. The number of nitrogens with one attached hydrogen (secondary N) is 2. The second-order valence-corrected chi connectivity index (χ2v) is 8.54. The second-order valence-electron chi connectivity index (χ2n) is 8.54. The number of carbonyl (C=O) groups excluding carboxylic acids is 1. The van der Waals surface area contributed by atoms with Crippen LogP contribution in [0.2, 0.25) is 0 Å². The number of carbonyl (C=O) groups is 1. The highest BCUT2D eigenvalue weighted by molar-refractivity contribution is 5.92. The lowest BCUT2D eigenvalue weighted by Crippen LogP contribution is -2.44. The molecule has 1 saturated heterocycles. The van der Waals surface area contributed by atoms with E-state index in [9.17, 15) is 27.2 Å². The average molecular weight is 513 g/mol. The van der Waals surface area contributed by atoms with Crippen LogP contribution in [0.5, 0.6) is 11.5 Å². The van der Waals surface area contributed by atoms with Gasteiger partial charge in [-0.1, -0.05) is 6.07 Å². The van der Waals surface area contributed by atoms with Crippen molar-refractivity contribution in [3.63, 3.8) is 0 Å². The molecule has 5 rings (SSSR count). The maximum atomic E-state index is 14.7. The van der Waals surface area contributed by atoms with E-state index in [0.29, 0.717) is 47.9 Å². The summed E-state index contributed by atoms with van der Waals surface area (Å²) in [5, 5.41) is 11.3. The number of rotatable bonds is 5. The highest BCUT2D eigenvalue weighted by atomic mass is 19.3. The fourth-order valence-corrected chi connectivity index (χ4v) is 3.99. The summed E-state index contributed by atoms with van der Waals surface area (Å²) in [6.07, 6.45) is -0.932. The van der Waals surface area contributed by atoms with Gasteiger partial charge in [-0.3, -0.25) is 14.5 Å². The molecule has 1 aromatic carbocycles. The number of hydrogen-bond acceptors (Lipinski definition) is 6. The first-order chi connectivity index (χ1) is 17.2. The molecular weight excluding hydrogens is 484 g/mol. The molecule has 1 atom stereocenters. The second kappa shape index (κ2) is 10.5. The van der Waals surface area contributed by atoms with Gasteiger partial charge in [0.2, 0.25) is 0 Å². The number of fused-ring (bicyclic) bond motifs is 3. The van der Waals surface area contributed by atoms with Crippen LogP contribution in [0.3, 0.4) is 0 Å². The van der Waals surface area contributed by atoms with Gasteiger partial charge in [-0.2, -0.15) is 4.39 Å². The third-order valence-electron chi connectivity index (χ3n) is 6.16. The van der Waals surface area contributed by atoms with E-state index in [1.165, 1.54) is 0 Å². The summed E-state index contributed by atoms with van der Waals surface area (Å²) in [7, 11) is 0. The van der Waals surface area contributed by atoms with Crippen LogP contribution >= 0.6 is 0 Å². The van der Waals surface area contributed by atoms with Gasteiger partial charge in [-0.05, 0) is 31.5 Å². The Hall–Kier alpha value is -3.67. The van der Waals surface area contributed by atoms with Crippen LogP contribution in [-0.2, 0) is 13.0 Å². The van der Waals surface area contributed by atoms with E-state index < -0.39 is 30.6 Å². The number of benzene rings is 1. The van der Waals surface area contributed by atoms with Crippen LogP contribution < -0.4 is 15.6 Å². The minimum absolute atomic E-state index is 0. The highest BCUT2D eigenvalue weighted by Gasteiger charge is 2.26. The van der Waals surface area contributed by atoms with Crippen molar-refractivity contribution < 1.29 is 35.1 Å². The van der Waals surface area contributed by atoms with Crippen molar-refractivity contribution in [3.05, 3.63) is 63.2 Å². The Morgan fingerprint density at radius 1 is 1.33 bits per heavy atom. The summed E-state index contributed by atoms with van der Waals surface area (Å²) in [6, 6.07) is 6.11. The molecule has 12 heteroatoms. The number of halogens is 4. The SMILES string of the molecule is C[C@@H]1CCN1Cc1ccc2c3c(c(=O)[nH]c2c1F)CCO3.O=C(NCC(F)F)c1ccc(O)c(F)n1.[HH].[HH]. The third-order valence-corrected chi connectivity index (χ3v) is 6.16. The van der Waals surface area contributed by atoms with Crippen LogP contribution in [-0.4, -0.2) is 58.0 Å². The van der Waals surface area contributed by atoms with E-state index in [0.717, 1.165) is 25.1 Å². The van der Waals surface area contributed by atoms with Crippen LogP contribution in [0.15, 0.2) is 29.1 Å². The topological polar surface area (TPSA) is 108 Å². The summed E-state index contributed by atoms with van der Waals surface area (Å²) in [4.78, 5) is 31.1. The van der Waals surface area contributed by atoms with Gasteiger partial charge in [-0.25, -0.2) is 18.2 Å². The van der Waals surface area contributed by atoms with E-state index in [2.05, 4.69) is 21.8 Å². The molecule has 0 radical (unpaired) electrons. The molecule has 0 spiro atoms. The quantitative estimate of drug-likeness (QED) is 0.356. The van der Waals surface area contributed by atoms with E-state index in [1.54, 1.807) is 0 Å². The molecule has 8 nitrogen and oxygen atoms in total. The van der Waals surface area contributed by atoms with Crippen molar-refractivity contribution in [1.82, 2.24) is 20.2 Å². The van der Waals surface area contributed by atoms with E-state index in [4.69, 9.17) is 9.84 Å². The molecule has 2 aromatic heterocycles. The maximum absolute atomic E-state index is 14.7. The zero-order valence-corrected chi connectivity index (χ0v) is 19.3. The summed E-state index contributed by atoms with van der Waals surface area (Å²) < 4.78 is 56.3. The van der Waals surface area contributed by atoms with Gasteiger partial charge in [0.05, 0.1) is 24.2 Å². The van der Waals surface area contributed by atoms with Crippen molar-refractivity contribution in [2.75, 3.05) is 19.7 Å². The minimum atomic E-state index is -2.68. The molecule has 36 heavy (non-hydrogen) atoms. The highest BCUT2D eigenvalue weighted by Crippen LogP contribution is 2.33. The molecule has 2 aliphatic rings. The van der Waals surface area contributed by atoms with Gasteiger partial charge < -0.3 is 20.1 Å². The van der Waals surface area contributed by atoms with Crippen LogP contribution in [0.1, 0.15) is 37.8 Å². The molecule has 0 bridgehead atoms. The first-order valence-electron chi connectivity index (χ1n) is 11.3.